The lowest BCUT2D eigenvalue weighted by Gasteiger charge is -2.24. The third-order valence-corrected chi connectivity index (χ3v) is 4.58. The molecule has 0 saturated heterocycles. The summed E-state index contributed by atoms with van der Waals surface area (Å²) in [6.45, 7) is 2.00. The summed E-state index contributed by atoms with van der Waals surface area (Å²) < 4.78 is 11.2. The maximum absolute atomic E-state index is 12.7. The minimum Gasteiger partial charge on any atom is -0.455 e. The van der Waals surface area contributed by atoms with E-state index in [2.05, 4.69) is 5.32 Å². The molecule has 1 amide bonds. The molecule has 28 heavy (non-hydrogen) atoms. The molecule has 4 rings (SSSR count). The Hall–Kier alpha value is -3.60. The van der Waals surface area contributed by atoms with Gasteiger partial charge in [0.1, 0.15) is 5.75 Å². The second-order valence-electron chi connectivity index (χ2n) is 6.66. The van der Waals surface area contributed by atoms with E-state index in [1.807, 2.05) is 49.4 Å². The standard InChI is InChI=1S/C23H19NO4/c1-15-10-12-17(13-11-15)27-20-9-5-4-8-19(20)24-22(25)21-14-16-6-2-3-7-18(16)23(26)28-21/h2-13,21H,14H2,1H3,(H,24,25)/t21-/m0/s1. The number of benzene rings is 3. The van der Waals surface area contributed by atoms with Crippen LogP contribution in [0.2, 0.25) is 0 Å². The summed E-state index contributed by atoms with van der Waals surface area (Å²) in [7, 11) is 0. The predicted octanol–water partition coefficient (Wildman–Crippen LogP) is 4.51. The van der Waals surface area contributed by atoms with E-state index < -0.39 is 12.1 Å². The first kappa shape index (κ1) is 17.8. The van der Waals surface area contributed by atoms with Gasteiger partial charge >= 0.3 is 5.97 Å². The highest BCUT2D eigenvalue weighted by atomic mass is 16.5. The van der Waals surface area contributed by atoms with Crippen LogP contribution in [0, 0.1) is 6.92 Å². The van der Waals surface area contributed by atoms with Crippen LogP contribution >= 0.6 is 0 Å². The number of carbonyl (C=O) groups is 2. The Morgan fingerprint density at radius 2 is 1.71 bits per heavy atom. The van der Waals surface area contributed by atoms with E-state index in [-0.39, 0.29) is 5.91 Å². The fraction of sp³-hybridized carbons (Fsp3) is 0.130. The average molecular weight is 373 g/mol. The van der Waals surface area contributed by atoms with E-state index in [4.69, 9.17) is 9.47 Å². The van der Waals surface area contributed by atoms with E-state index in [0.29, 0.717) is 29.2 Å². The summed E-state index contributed by atoms with van der Waals surface area (Å²) >= 11 is 0. The van der Waals surface area contributed by atoms with Crippen molar-refractivity contribution < 1.29 is 19.1 Å². The number of hydrogen-bond acceptors (Lipinski definition) is 4. The van der Waals surface area contributed by atoms with Crippen molar-refractivity contribution in [3.8, 4) is 11.5 Å². The summed E-state index contributed by atoms with van der Waals surface area (Å²) in [4.78, 5) is 24.9. The van der Waals surface area contributed by atoms with Crippen LogP contribution in [0.5, 0.6) is 11.5 Å². The van der Waals surface area contributed by atoms with Gasteiger partial charge in [0.25, 0.3) is 5.91 Å². The Balaban J connectivity index is 1.51. The number of fused-ring (bicyclic) bond motifs is 1. The van der Waals surface area contributed by atoms with Gasteiger partial charge in [-0.25, -0.2) is 4.79 Å². The number of anilines is 1. The van der Waals surface area contributed by atoms with Gasteiger partial charge in [0, 0.05) is 6.42 Å². The number of hydrogen-bond donors (Lipinski definition) is 1. The smallest absolute Gasteiger partial charge is 0.339 e. The second kappa shape index (κ2) is 7.56. The second-order valence-corrected chi connectivity index (χ2v) is 6.66. The summed E-state index contributed by atoms with van der Waals surface area (Å²) in [5.41, 5.74) is 2.97. The molecule has 0 aromatic heterocycles. The van der Waals surface area contributed by atoms with Crippen molar-refractivity contribution in [1.29, 1.82) is 0 Å². The van der Waals surface area contributed by atoms with Crippen molar-refractivity contribution in [3.05, 3.63) is 89.5 Å². The molecule has 140 valence electrons. The third kappa shape index (κ3) is 3.74. The summed E-state index contributed by atoms with van der Waals surface area (Å²) in [6.07, 6.45) is -0.538. The Kier molecular flexibility index (Phi) is 4.81. The van der Waals surface area contributed by atoms with Gasteiger partial charge < -0.3 is 14.8 Å². The number of cyclic esters (lactones) is 1. The van der Waals surface area contributed by atoms with Crippen molar-refractivity contribution >= 4 is 17.6 Å². The molecule has 0 bridgehead atoms. The minimum atomic E-state index is -0.880. The predicted molar refractivity (Wildman–Crippen MR) is 106 cm³/mol. The zero-order valence-electron chi connectivity index (χ0n) is 15.3. The van der Waals surface area contributed by atoms with E-state index in [1.54, 1.807) is 30.3 Å². The number of aryl methyl sites for hydroxylation is 1. The van der Waals surface area contributed by atoms with Crippen molar-refractivity contribution in [3.63, 3.8) is 0 Å². The number of carbonyl (C=O) groups excluding carboxylic acids is 2. The zero-order valence-corrected chi connectivity index (χ0v) is 15.3. The normalized spacial score (nSPS) is 15.3. The lowest BCUT2D eigenvalue weighted by Crippen LogP contribution is -2.38. The van der Waals surface area contributed by atoms with Crippen LogP contribution in [-0.4, -0.2) is 18.0 Å². The first-order valence-electron chi connectivity index (χ1n) is 9.03. The van der Waals surface area contributed by atoms with Gasteiger partial charge in [-0.2, -0.15) is 0 Å². The van der Waals surface area contributed by atoms with Crippen LogP contribution in [0.4, 0.5) is 5.69 Å². The summed E-state index contributed by atoms with van der Waals surface area (Å²) in [5.74, 6) is 0.321. The molecular weight excluding hydrogens is 354 g/mol. The minimum absolute atomic E-state index is 0.342. The number of nitrogens with one attached hydrogen (secondary N) is 1. The van der Waals surface area contributed by atoms with Gasteiger partial charge in [-0.3, -0.25) is 4.79 Å². The molecule has 1 N–H and O–H groups in total. The Bertz CT molecular complexity index is 1030. The maximum Gasteiger partial charge on any atom is 0.339 e. The Morgan fingerprint density at radius 1 is 1.00 bits per heavy atom. The van der Waals surface area contributed by atoms with Gasteiger partial charge in [-0.15, -0.1) is 0 Å². The fourth-order valence-electron chi connectivity index (χ4n) is 3.08. The molecule has 1 aliphatic heterocycles. The van der Waals surface area contributed by atoms with Crippen molar-refractivity contribution in [2.45, 2.75) is 19.4 Å². The van der Waals surface area contributed by atoms with Crippen LogP contribution in [0.1, 0.15) is 21.5 Å². The number of ether oxygens (including phenoxy) is 2. The fourth-order valence-corrected chi connectivity index (χ4v) is 3.08. The first-order chi connectivity index (χ1) is 13.6. The molecule has 3 aromatic rings. The molecular formula is C23H19NO4. The van der Waals surface area contributed by atoms with Crippen LogP contribution in [0.3, 0.4) is 0 Å². The van der Waals surface area contributed by atoms with Crippen molar-refractivity contribution in [1.82, 2.24) is 0 Å². The van der Waals surface area contributed by atoms with Gasteiger partial charge in [0.2, 0.25) is 0 Å². The largest absolute Gasteiger partial charge is 0.455 e. The van der Waals surface area contributed by atoms with Crippen molar-refractivity contribution in [2.75, 3.05) is 5.32 Å². The molecule has 1 heterocycles. The lowest BCUT2D eigenvalue weighted by molar-refractivity contribution is -0.125. The molecule has 0 spiro atoms. The monoisotopic (exact) mass is 373 g/mol. The van der Waals surface area contributed by atoms with E-state index >= 15 is 0 Å². The molecule has 1 aliphatic rings. The van der Waals surface area contributed by atoms with Gasteiger partial charge in [0.05, 0.1) is 11.3 Å². The highest BCUT2D eigenvalue weighted by Gasteiger charge is 2.31. The third-order valence-electron chi connectivity index (χ3n) is 4.58. The SMILES string of the molecule is Cc1ccc(Oc2ccccc2NC(=O)[C@@H]2Cc3ccccc3C(=O)O2)cc1. The molecule has 0 radical (unpaired) electrons. The lowest BCUT2D eigenvalue weighted by atomic mass is 9.98. The summed E-state index contributed by atoms with van der Waals surface area (Å²) in [6, 6.07) is 22.0. The molecule has 3 aromatic carbocycles. The van der Waals surface area contributed by atoms with Gasteiger partial charge in [-0.1, -0.05) is 48.0 Å². The molecule has 0 aliphatic carbocycles. The van der Waals surface area contributed by atoms with Crippen LogP contribution < -0.4 is 10.1 Å². The number of esters is 1. The number of rotatable bonds is 4. The number of para-hydroxylation sites is 2. The number of amides is 1. The molecule has 5 nitrogen and oxygen atoms in total. The topological polar surface area (TPSA) is 64.6 Å². The van der Waals surface area contributed by atoms with E-state index in [0.717, 1.165) is 11.1 Å². The highest BCUT2D eigenvalue weighted by molar-refractivity contribution is 6.00. The van der Waals surface area contributed by atoms with E-state index in [9.17, 15) is 9.59 Å². The van der Waals surface area contributed by atoms with Crippen molar-refractivity contribution in [2.24, 2.45) is 0 Å². The maximum atomic E-state index is 12.7. The molecule has 0 saturated carbocycles. The molecule has 1 atom stereocenters. The van der Waals surface area contributed by atoms with Crippen LogP contribution in [0.25, 0.3) is 0 Å². The Labute approximate surface area is 162 Å². The van der Waals surface area contributed by atoms with Gasteiger partial charge in [-0.05, 0) is 42.8 Å². The molecule has 5 heteroatoms. The zero-order chi connectivity index (χ0) is 19.5. The van der Waals surface area contributed by atoms with Crippen LogP contribution in [-0.2, 0) is 16.0 Å². The molecule has 0 unspecified atom stereocenters. The van der Waals surface area contributed by atoms with Gasteiger partial charge in [0.15, 0.2) is 11.9 Å². The highest BCUT2D eigenvalue weighted by Crippen LogP contribution is 2.30. The first-order valence-corrected chi connectivity index (χ1v) is 9.03. The van der Waals surface area contributed by atoms with E-state index in [1.165, 1.54) is 0 Å². The summed E-state index contributed by atoms with van der Waals surface area (Å²) in [5, 5.41) is 2.82. The average Bonchev–Trinajstić information content (AvgIpc) is 2.71. The molecule has 0 fully saturated rings. The van der Waals surface area contributed by atoms with Crippen LogP contribution in [0.15, 0.2) is 72.8 Å². The quantitative estimate of drug-likeness (QED) is 0.684. The Morgan fingerprint density at radius 3 is 2.54 bits per heavy atom.